The Kier molecular flexibility index (Phi) is 6.64. The smallest absolute Gasteiger partial charge is 0.238 e. The summed E-state index contributed by atoms with van der Waals surface area (Å²) in [4.78, 5) is 24.5. The molecule has 2 atom stereocenters. The average molecular weight is 360 g/mol. The first-order valence-electron chi connectivity index (χ1n) is 8.29. The highest BCUT2D eigenvalue weighted by Gasteiger charge is 2.17. The fourth-order valence-corrected chi connectivity index (χ4v) is 3.11. The fraction of sp³-hybridized carbons (Fsp3) is 0.389. The molecule has 0 fully saturated rings. The van der Waals surface area contributed by atoms with Crippen LogP contribution in [0, 0.1) is 0 Å². The van der Waals surface area contributed by atoms with E-state index in [4.69, 9.17) is 0 Å². The zero-order valence-electron chi connectivity index (χ0n) is 14.9. The van der Waals surface area contributed by atoms with Gasteiger partial charge in [0.15, 0.2) is 0 Å². The zero-order chi connectivity index (χ0) is 18.4. The molecule has 0 aliphatic carbocycles. The van der Waals surface area contributed by atoms with Crippen molar-refractivity contribution in [2.24, 2.45) is 0 Å². The normalized spacial score (nSPS) is 13.1. The maximum absolute atomic E-state index is 12.5. The molecule has 0 bridgehead atoms. The number of thioether (sulfide) groups is 1. The second-order valence-electron chi connectivity index (χ2n) is 5.87. The summed E-state index contributed by atoms with van der Waals surface area (Å²) >= 11 is 1.47. The van der Waals surface area contributed by atoms with Crippen LogP contribution in [0.25, 0.3) is 0 Å². The van der Waals surface area contributed by atoms with Gasteiger partial charge in [-0.15, -0.1) is 11.8 Å². The van der Waals surface area contributed by atoms with Crippen LogP contribution in [-0.4, -0.2) is 26.8 Å². The Balaban J connectivity index is 1.96. The highest BCUT2D eigenvalue weighted by Crippen LogP contribution is 2.26. The van der Waals surface area contributed by atoms with E-state index < -0.39 is 0 Å². The predicted molar refractivity (Wildman–Crippen MR) is 102 cm³/mol. The van der Waals surface area contributed by atoms with E-state index in [9.17, 15) is 9.59 Å². The van der Waals surface area contributed by atoms with E-state index >= 15 is 0 Å². The monoisotopic (exact) mass is 360 g/mol. The van der Waals surface area contributed by atoms with Crippen molar-refractivity contribution in [1.29, 1.82) is 0 Å². The molecule has 2 amide bonds. The molecule has 0 saturated heterocycles. The van der Waals surface area contributed by atoms with Crippen LogP contribution in [0.5, 0.6) is 0 Å². The molecule has 25 heavy (non-hydrogen) atoms. The Bertz CT molecular complexity index is 727. The molecule has 0 spiro atoms. The molecule has 0 aliphatic heterocycles. The van der Waals surface area contributed by atoms with Gasteiger partial charge in [-0.25, -0.2) is 4.68 Å². The highest BCUT2D eigenvalue weighted by atomic mass is 32.2. The third-order valence-electron chi connectivity index (χ3n) is 3.79. The van der Waals surface area contributed by atoms with Gasteiger partial charge in [0.1, 0.15) is 5.82 Å². The molecule has 6 nitrogen and oxygen atoms in total. The van der Waals surface area contributed by atoms with E-state index in [1.165, 1.54) is 18.7 Å². The van der Waals surface area contributed by atoms with E-state index in [0.29, 0.717) is 5.82 Å². The molecule has 134 valence electrons. The molecule has 0 radical (unpaired) electrons. The SMILES string of the molecule is CC[C@@H](C)n1nccc1NC(=O)[C@@H](C)Sc1ccc(NC(C)=O)cc1. The van der Waals surface area contributed by atoms with Crippen LogP contribution in [0.2, 0.25) is 0 Å². The molecular weight excluding hydrogens is 336 g/mol. The molecule has 0 saturated carbocycles. The molecule has 0 aliphatic rings. The van der Waals surface area contributed by atoms with Crippen LogP contribution in [0.4, 0.5) is 11.5 Å². The highest BCUT2D eigenvalue weighted by molar-refractivity contribution is 8.00. The Hall–Kier alpha value is -2.28. The second kappa shape index (κ2) is 8.71. The first kappa shape index (κ1) is 19.1. The van der Waals surface area contributed by atoms with Crippen molar-refractivity contribution in [3.8, 4) is 0 Å². The number of carbonyl (C=O) groups is 2. The number of rotatable bonds is 7. The van der Waals surface area contributed by atoms with Gasteiger partial charge in [-0.1, -0.05) is 6.92 Å². The van der Waals surface area contributed by atoms with Crippen molar-refractivity contribution in [3.63, 3.8) is 0 Å². The summed E-state index contributed by atoms with van der Waals surface area (Å²) in [7, 11) is 0. The quantitative estimate of drug-likeness (QED) is 0.734. The van der Waals surface area contributed by atoms with Crippen LogP contribution in [0.3, 0.4) is 0 Å². The van der Waals surface area contributed by atoms with E-state index in [1.807, 2.05) is 41.9 Å². The van der Waals surface area contributed by atoms with Gasteiger partial charge in [0.05, 0.1) is 17.5 Å². The average Bonchev–Trinajstić information content (AvgIpc) is 3.03. The molecule has 2 N–H and O–H groups in total. The summed E-state index contributed by atoms with van der Waals surface area (Å²) in [6.45, 7) is 7.49. The van der Waals surface area contributed by atoms with Crippen molar-refractivity contribution in [3.05, 3.63) is 36.5 Å². The van der Waals surface area contributed by atoms with Crippen LogP contribution < -0.4 is 10.6 Å². The van der Waals surface area contributed by atoms with Crippen LogP contribution in [0.1, 0.15) is 40.2 Å². The number of amides is 2. The summed E-state index contributed by atoms with van der Waals surface area (Å²) in [5.74, 6) is 0.542. The van der Waals surface area contributed by atoms with Crippen LogP contribution in [-0.2, 0) is 9.59 Å². The first-order valence-corrected chi connectivity index (χ1v) is 9.17. The maximum Gasteiger partial charge on any atom is 0.238 e. The van der Waals surface area contributed by atoms with Gasteiger partial charge >= 0.3 is 0 Å². The Morgan fingerprint density at radius 3 is 2.44 bits per heavy atom. The summed E-state index contributed by atoms with van der Waals surface area (Å²) in [6, 6.07) is 9.48. The lowest BCUT2D eigenvalue weighted by Crippen LogP contribution is -2.24. The minimum Gasteiger partial charge on any atom is -0.326 e. The molecule has 1 aromatic carbocycles. The van der Waals surface area contributed by atoms with E-state index in [1.54, 1.807) is 6.20 Å². The lowest BCUT2D eigenvalue weighted by atomic mass is 10.3. The van der Waals surface area contributed by atoms with Crippen molar-refractivity contribution < 1.29 is 9.59 Å². The minimum atomic E-state index is -0.258. The van der Waals surface area contributed by atoms with E-state index in [2.05, 4.69) is 29.6 Å². The molecule has 2 rings (SSSR count). The predicted octanol–water partition coefficient (Wildman–Crippen LogP) is 3.93. The van der Waals surface area contributed by atoms with Gasteiger partial charge in [0.25, 0.3) is 0 Å². The second-order valence-corrected chi connectivity index (χ2v) is 7.29. The summed E-state index contributed by atoms with van der Waals surface area (Å²) < 4.78 is 1.83. The number of carbonyl (C=O) groups excluding carboxylic acids is 2. The third-order valence-corrected chi connectivity index (χ3v) is 4.90. The molecule has 2 aromatic rings. The number of hydrogen-bond donors (Lipinski definition) is 2. The van der Waals surface area contributed by atoms with Crippen molar-refractivity contribution in [1.82, 2.24) is 9.78 Å². The van der Waals surface area contributed by atoms with Gasteiger partial charge in [-0.05, 0) is 44.5 Å². The Morgan fingerprint density at radius 1 is 1.16 bits per heavy atom. The summed E-state index contributed by atoms with van der Waals surface area (Å²) in [6.07, 6.45) is 2.63. The number of nitrogens with one attached hydrogen (secondary N) is 2. The number of anilines is 2. The first-order chi connectivity index (χ1) is 11.9. The zero-order valence-corrected chi connectivity index (χ0v) is 15.8. The topological polar surface area (TPSA) is 76.0 Å². The van der Waals surface area contributed by atoms with Gasteiger partial charge in [0.2, 0.25) is 11.8 Å². The van der Waals surface area contributed by atoms with Gasteiger partial charge < -0.3 is 10.6 Å². The molecule has 1 aromatic heterocycles. The van der Waals surface area contributed by atoms with Crippen molar-refractivity contribution >= 4 is 35.1 Å². The van der Waals surface area contributed by atoms with Crippen molar-refractivity contribution in [2.75, 3.05) is 10.6 Å². The summed E-state index contributed by atoms with van der Waals surface area (Å²) in [5.41, 5.74) is 0.742. The third kappa shape index (κ3) is 5.35. The van der Waals surface area contributed by atoms with E-state index in [-0.39, 0.29) is 23.1 Å². The van der Waals surface area contributed by atoms with E-state index in [0.717, 1.165) is 17.0 Å². The fourth-order valence-electron chi connectivity index (χ4n) is 2.24. The number of nitrogens with zero attached hydrogens (tertiary/aromatic N) is 2. The summed E-state index contributed by atoms with van der Waals surface area (Å²) in [5, 5.41) is 9.69. The largest absolute Gasteiger partial charge is 0.326 e. The number of aromatic nitrogens is 2. The lowest BCUT2D eigenvalue weighted by molar-refractivity contribution is -0.115. The Morgan fingerprint density at radius 2 is 1.84 bits per heavy atom. The molecular formula is C18H24N4O2S. The Labute approximate surface area is 152 Å². The van der Waals surface area contributed by atoms with Crippen molar-refractivity contribution in [2.45, 2.75) is 50.3 Å². The maximum atomic E-state index is 12.5. The molecule has 0 unspecified atom stereocenters. The van der Waals surface area contributed by atoms with Gasteiger partial charge in [-0.2, -0.15) is 5.10 Å². The number of benzene rings is 1. The van der Waals surface area contributed by atoms with Gasteiger partial charge in [-0.3, -0.25) is 9.59 Å². The van der Waals surface area contributed by atoms with Crippen LogP contribution in [0.15, 0.2) is 41.4 Å². The lowest BCUT2D eigenvalue weighted by Gasteiger charge is -2.16. The number of hydrogen-bond acceptors (Lipinski definition) is 4. The molecule has 1 heterocycles. The standard InChI is InChI=1S/C18H24N4O2S/c1-5-12(2)22-17(10-11-19-22)21-18(24)13(3)25-16-8-6-15(7-9-16)20-14(4)23/h6-13H,5H2,1-4H3,(H,20,23)(H,21,24)/t12-,13-/m1/s1. The molecule has 7 heteroatoms. The van der Waals surface area contributed by atoms with Crippen LogP contribution >= 0.6 is 11.8 Å². The van der Waals surface area contributed by atoms with Gasteiger partial charge in [0, 0.05) is 23.6 Å². The minimum absolute atomic E-state index is 0.0685.